The zero-order chi connectivity index (χ0) is 15.6. The largest absolute Gasteiger partial charge is 0.466 e. The predicted molar refractivity (Wildman–Crippen MR) is 74.0 cm³/mol. The molecule has 0 unspecified atom stereocenters. The molecule has 1 aromatic carbocycles. The molecule has 0 aliphatic heterocycles. The highest BCUT2D eigenvalue weighted by Gasteiger charge is 2.20. The number of anilines is 1. The van der Waals surface area contributed by atoms with Crippen molar-refractivity contribution >= 4 is 40.7 Å². The molecule has 0 atom stereocenters. The van der Waals surface area contributed by atoms with Gasteiger partial charge in [-0.15, -0.1) is 5.10 Å². The fraction of sp³-hybridized carbons (Fsp3) is 0.100. The topological polar surface area (TPSA) is 123 Å². The lowest BCUT2D eigenvalue weighted by Gasteiger charge is -2.05. The smallest absolute Gasteiger partial charge is 0.336 e. The molecule has 1 amide bonds. The number of rotatable bonds is 4. The molecule has 110 valence electrons. The number of ether oxygens (including phenoxy) is 1. The summed E-state index contributed by atoms with van der Waals surface area (Å²) in [5.41, 5.74) is -0.518. The number of benzene rings is 1. The van der Waals surface area contributed by atoms with E-state index in [2.05, 4.69) is 20.5 Å². The lowest BCUT2D eigenvalue weighted by molar-refractivity contribution is -0.384. The molecule has 0 spiro atoms. The van der Waals surface area contributed by atoms with Crippen LogP contribution in [0.25, 0.3) is 0 Å². The Kier molecular flexibility index (Phi) is 4.24. The lowest BCUT2D eigenvalue weighted by atomic mass is 10.2. The van der Waals surface area contributed by atoms with Crippen LogP contribution in [-0.2, 0) is 0 Å². The lowest BCUT2D eigenvalue weighted by Crippen LogP contribution is -2.14. The third-order valence-corrected chi connectivity index (χ3v) is 3.15. The second-order valence-corrected chi connectivity index (χ2v) is 4.46. The maximum Gasteiger partial charge on any atom is 0.336 e. The molecule has 11 heteroatoms. The maximum absolute atomic E-state index is 12.1. The van der Waals surface area contributed by atoms with Crippen molar-refractivity contribution in [2.24, 2.45) is 0 Å². The average Bonchev–Trinajstić information content (AvgIpc) is 2.88. The number of carbonyl (C=O) groups is 1. The van der Waals surface area contributed by atoms with Gasteiger partial charge in [-0.2, -0.15) is 4.98 Å². The summed E-state index contributed by atoms with van der Waals surface area (Å²) in [6.45, 7) is 0. The number of aromatic nitrogens is 3. The first-order valence-corrected chi connectivity index (χ1v) is 6.09. The van der Waals surface area contributed by atoms with Crippen LogP contribution in [0.5, 0.6) is 6.01 Å². The van der Waals surface area contributed by atoms with Crippen molar-refractivity contribution in [2.75, 3.05) is 12.4 Å². The molecule has 21 heavy (non-hydrogen) atoms. The molecule has 0 fully saturated rings. The fourth-order valence-corrected chi connectivity index (χ4v) is 1.82. The molecular weight excluding hydrogens is 325 g/mol. The van der Waals surface area contributed by atoms with Crippen molar-refractivity contribution in [3.63, 3.8) is 0 Å². The number of nitro benzene ring substituents is 1. The number of nitrogens with zero attached hydrogens (tertiary/aromatic N) is 3. The summed E-state index contributed by atoms with van der Waals surface area (Å²) in [5.74, 6) is -0.736. The quantitative estimate of drug-likeness (QED) is 0.654. The molecule has 0 aliphatic rings. The van der Waals surface area contributed by atoms with Crippen LogP contribution >= 0.6 is 23.2 Å². The highest BCUT2D eigenvalue weighted by molar-refractivity contribution is 6.44. The number of halogens is 2. The minimum absolute atomic E-state index is 0.00412. The molecule has 2 N–H and O–H groups in total. The van der Waals surface area contributed by atoms with E-state index < -0.39 is 10.8 Å². The monoisotopic (exact) mass is 331 g/mol. The molecule has 0 saturated carbocycles. The Morgan fingerprint density at radius 2 is 2.19 bits per heavy atom. The zero-order valence-corrected chi connectivity index (χ0v) is 11.9. The summed E-state index contributed by atoms with van der Waals surface area (Å²) in [6.07, 6.45) is 0. The number of hydrogen-bond donors (Lipinski definition) is 2. The van der Waals surface area contributed by atoms with Gasteiger partial charge in [0.25, 0.3) is 11.6 Å². The molecule has 1 aromatic heterocycles. The van der Waals surface area contributed by atoms with Crippen molar-refractivity contribution in [1.82, 2.24) is 15.2 Å². The van der Waals surface area contributed by atoms with Gasteiger partial charge in [-0.25, -0.2) is 5.10 Å². The SMILES string of the molecule is COc1n[nH]c(NC(=O)c2cc([N+](=O)[O-])cc(Cl)c2Cl)n1. The molecule has 0 radical (unpaired) electrons. The van der Waals surface area contributed by atoms with E-state index in [1.165, 1.54) is 7.11 Å². The van der Waals surface area contributed by atoms with Crippen LogP contribution < -0.4 is 10.1 Å². The molecule has 2 rings (SSSR count). The van der Waals surface area contributed by atoms with Crippen LogP contribution in [-0.4, -0.2) is 33.1 Å². The van der Waals surface area contributed by atoms with E-state index in [1.54, 1.807) is 0 Å². The van der Waals surface area contributed by atoms with E-state index >= 15 is 0 Å². The van der Waals surface area contributed by atoms with Gasteiger partial charge in [0.1, 0.15) is 0 Å². The van der Waals surface area contributed by atoms with E-state index in [1.807, 2.05) is 0 Å². The number of methoxy groups -OCH3 is 1. The highest BCUT2D eigenvalue weighted by atomic mass is 35.5. The molecule has 0 saturated heterocycles. The molecule has 0 aliphatic carbocycles. The minimum Gasteiger partial charge on any atom is -0.466 e. The average molecular weight is 332 g/mol. The van der Waals surface area contributed by atoms with Crippen molar-refractivity contribution in [3.05, 3.63) is 37.9 Å². The van der Waals surface area contributed by atoms with Gasteiger partial charge >= 0.3 is 6.01 Å². The first-order chi connectivity index (χ1) is 9.92. The second-order valence-electron chi connectivity index (χ2n) is 3.67. The van der Waals surface area contributed by atoms with E-state index in [9.17, 15) is 14.9 Å². The van der Waals surface area contributed by atoms with Crippen LogP contribution in [0, 0.1) is 10.1 Å². The fourth-order valence-electron chi connectivity index (χ4n) is 1.41. The van der Waals surface area contributed by atoms with Crippen molar-refractivity contribution in [1.29, 1.82) is 0 Å². The number of nitrogens with one attached hydrogen (secondary N) is 2. The minimum atomic E-state index is -0.732. The molecule has 9 nitrogen and oxygen atoms in total. The number of carbonyl (C=O) groups excluding carboxylic acids is 1. The normalized spacial score (nSPS) is 10.2. The van der Waals surface area contributed by atoms with E-state index in [-0.39, 0.29) is 33.3 Å². The summed E-state index contributed by atoms with van der Waals surface area (Å²) >= 11 is 11.6. The van der Waals surface area contributed by atoms with E-state index in [0.29, 0.717) is 0 Å². The summed E-state index contributed by atoms with van der Waals surface area (Å²) in [6, 6.07) is 2.09. The highest BCUT2D eigenvalue weighted by Crippen LogP contribution is 2.31. The maximum atomic E-state index is 12.1. The van der Waals surface area contributed by atoms with Gasteiger partial charge in [0.15, 0.2) is 0 Å². The Morgan fingerprint density at radius 3 is 2.76 bits per heavy atom. The number of aromatic amines is 1. The number of amides is 1. The first-order valence-electron chi connectivity index (χ1n) is 5.33. The van der Waals surface area contributed by atoms with Crippen LogP contribution in [0.3, 0.4) is 0 Å². The number of hydrogen-bond acceptors (Lipinski definition) is 6. The molecule has 1 heterocycles. The van der Waals surface area contributed by atoms with Crippen LogP contribution in [0.1, 0.15) is 10.4 Å². The Bertz CT molecular complexity index is 717. The van der Waals surface area contributed by atoms with Gasteiger partial charge in [-0.3, -0.25) is 20.2 Å². The number of non-ortho nitro benzene ring substituents is 1. The first kappa shape index (κ1) is 15.0. The van der Waals surface area contributed by atoms with Gasteiger partial charge in [-0.1, -0.05) is 23.2 Å². The van der Waals surface area contributed by atoms with Crippen LogP contribution in [0.4, 0.5) is 11.6 Å². The standard InChI is InChI=1S/C10H7Cl2N5O4/c1-21-10-14-9(15-16-10)13-8(18)5-2-4(17(19)20)3-6(11)7(5)12/h2-3H,1H3,(H2,13,14,15,16,18). The zero-order valence-electron chi connectivity index (χ0n) is 10.4. The third kappa shape index (κ3) is 3.20. The Labute approximate surface area is 127 Å². The van der Waals surface area contributed by atoms with Crippen molar-refractivity contribution in [2.45, 2.75) is 0 Å². The van der Waals surface area contributed by atoms with E-state index in [0.717, 1.165) is 12.1 Å². The number of H-pyrrole nitrogens is 1. The predicted octanol–water partition coefficient (Wildman–Crippen LogP) is 2.28. The van der Waals surface area contributed by atoms with Crippen molar-refractivity contribution in [3.8, 4) is 6.01 Å². The number of nitro groups is 1. The summed E-state index contributed by atoms with van der Waals surface area (Å²) in [7, 11) is 1.35. The molecular formula is C10H7Cl2N5O4. The third-order valence-electron chi connectivity index (χ3n) is 2.35. The second kappa shape index (κ2) is 5.94. The Hall–Kier alpha value is -2.39. The summed E-state index contributed by atoms with van der Waals surface area (Å²) in [4.78, 5) is 25.9. The van der Waals surface area contributed by atoms with Gasteiger partial charge < -0.3 is 4.74 Å². The van der Waals surface area contributed by atoms with Crippen molar-refractivity contribution < 1.29 is 14.5 Å². The van der Waals surface area contributed by atoms with Gasteiger partial charge in [0.2, 0.25) is 5.95 Å². The Morgan fingerprint density at radius 1 is 1.48 bits per heavy atom. The Balaban J connectivity index is 2.32. The molecule has 0 bridgehead atoms. The van der Waals surface area contributed by atoms with Gasteiger partial charge in [-0.05, 0) is 0 Å². The van der Waals surface area contributed by atoms with Crippen LogP contribution in [0.2, 0.25) is 10.0 Å². The summed E-state index contributed by atoms with van der Waals surface area (Å²) < 4.78 is 4.73. The van der Waals surface area contributed by atoms with Gasteiger partial charge in [0, 0.05) is 12.1 Å². The molecule has 2 aromatic rings. The summed E-state index contributed by atoms with van der Waals surface area (Å²) in [5, 5.41) is 18.9. The van der Waals surface area contributed by atoms with Crippen LogP contribution in [0.15, 0.2) is 12.1 Å². The van der Waals surface area contributed by atoms with E-state index in [4.69, 9.17) is 27.9 Å². The van der Waals surface area contributed by atoms with Gasteiger partial charge in [0.05, 0.1) is 27.6 Å².